The van der Waals surface area contributed by atoms with Gasteiger partial charge in [-0.25, -0.2) is 4.99 Å². The van der Waals surface area contributed by atoms with Gasteiger partial charge in [-0.2, -0.15) is 0 Å². The Morgan fingerprint density at radius 3 is 1.78 bits per heavy atom. The molecule has 0 bridgehead atoms. The SMILES string of the molecule is CCCCCCCC#CC(=Nc1ccccc1)C(CCCCCC)=Nc1ccccc1.[Ni]. The van der Waals surface area contributed by atoms with E-state index in [-0.39, 0.29) is 16.5 Å². The maximum atomic E-state index is 4.98. The second-order valence-corrected chi connectivity index (χ2v) is 7.97. The number of hydrogen-bond donors (Lipinski definition) is 0. The van der Waals surface area contributed by atoms with Gasteiger partial charge >= 0.3 is 0 Å². The number of para-hydroxylation sites is 2. The molecule has 0 radical (unpaired) electrons. The summed E-state index contributed by atoms with van der Waals surface area (Å²) in [7, 11) is 0. The quantitative estimate of drug-likeness (QED) is 0.120. The van der Waals surface area contributed by atoms with Gasteiger partial charge in [-0.15, -0.1) is 0 Å². The average Bonchev–Trinajstić information content (AvgIpc) is 2.81. The van der Waals surface area contributed by atoms with E-state index < -0.39 is 0 Å². The molecule has 2 nitrogen and oxygen atoms in total. The van der Waals surface area contributed by atoms with Gasteiger partial charge in [-0.05, 0) is 49.4 Å². The van der Waals surface area contributed by atoms with E-state index in [9.17, 15) is 0 Å². The zero-order valence-corrected chi connectivity index (χ0v) is 20.7. The third-order valence-corrected chi connectivity index (χ3v) is 5.17. The van der Waals surface area contributed by atoms with Gasteiger partial charge in [-0.3, -0.25) is 4.99 Å². The zero-order valence-electron chi connectivity index (χ0n) is 19.8. The number of unbranched alkanes of at least 4 members (excludes halogenated alkanes) is 8. The van der Waals surface area contributed by atoms with E-state index in [0.29, 0.717) is 0 Å². The van der Waals surface area contributed by atoms with Crippen molar-refractivity contribution in [1.82, 2.24) is 0 Å². The topological polar surface area (TPSA) is 24.7 Å². The Balaban J connectivity index is 0.00000512. The predicted octanol–water partition coefficient (Wildman–Crippen LogP) is 8.86. The van der Waals surface area contributed by atoms with Gasteiger partial charge in [0, 0.05) is 22.9 Å². The van der Waals surface area contributed by atoms with E-state index in [0.717, 1.165) is 48.5 Å². The Bertz CT molecular complexity index is 845. The van der Waals surface area contributed by atoms with Gasteiger partial charge in [0.1, 0.15) is 5.71 Å². The number of hydrogen-bond acceptors (Lipinski definition) is 2. The summed E-state index contributed by atoms with van der Waals surface area (Å²) in [6, 6.07) is 20.3. The minimum atomic E-state index is 0. The third kappa shape index (κ3) is 12.0. The van der Waals surface area contributed by atoms with E-state index in [2.05, 4.69) is 25.7 Å². The van der Waals surface area contributed by atoms with Crippen molar-refractivity contribution in [3.63, 3.8) is 0 Å². The van der Waals surface area contributed by atoms with E-state index in [1.165, 1.54) is 44.9 Å². The van der Waals surface area contributed by atoms with Gasteiger partial charge < -0.3 is 0 Å². The maximum Gasteiger partial charge on any atom is 0.135 e. The Morgan fingerprint density at radius 1 is 0.656 bits per heavy atom. The smallest absolute Gasteiger partial charge is 0.135 e. The summed E-state index contributed by atoms with van der Waals surface area (Å²) in [5, 5.41) is 0. The number of rotatable bonds is 13. The van der Waals surface area contributed by atoms with E-state index >= 15 is 0 Å². The number of aliphatic imine (C=N–C) groups is 2. The maximum absolute atomic E-state index is 4.98. The average molecular weight is 473 g/mol. The first-order chi connectivity index (χ1) is 15.3. The predicted molar refractivity (Wildman–Crippen MR) is 137 cm³/mol. The molecule has 0 N–H and O–H groups in total. The van der Waals surface area contributed by atoms with Crippen LogP contribution in [0.4, 0.5) is 11.4 Å². The van der Waals surface area contributed by atoms with Crippen molar-refractivity contribution in [3.05, 3.63) is 60.7 Å². The van der Waals surface area contributed by atoms with Crippen LogP contribution in [-0.2, 0) is 16.5 Å². The minimum Gasteiger partial charge on any atom is -0.251 e. The molecule has 0 aliphatic heterocycles. The van der Waals surface area contributed by atoms with Crippen LogP contribution in [-0.4, -0.2) is 11.4 Å². The molecule has 2 aromatic rings. The van der Waals surface area contributed by atoms with E-state index in [4.69, 9.17) is 9.98 Å². The van der Waals surface area contributed by atoms with Crippen LogP contribution in [0.2, 0.25) is 0 Å². The molecule has 0 aliphatic carbocycles. The molecule has 0 saturated heterocycles. The van der Waals surface area contributed by atoms with Crippen molar-refractivity contribution >= 4 is 22.8 Å². The Labute approximate surface area is 206 Å². The molecule has 0 aliphatic rings. The van der Waals surface area contributed by atoms with Crippen LogP contribution >= 0.6 is 0 Å². The Kier molecular flexibility index (Phi) is 16.0. The first-order valence-electron chi connectivity index (χ1n) is 12.1. The third-order valence-electron chi connectivity index (χ3n) is 5.17. The largest absolute Gasteiger partial charge is 0.251 e. The summed E-state index contributed by atoms with van der Waals surface area (Å²) in [6.07, 6.45) is 13.0. The summed E-state index contributed by atoms with van der Waals surface area (Å²) in [6.45, 7) is 4.49. The molecule has 0 amide bonds. The van der Waals surface area contributed by atoms with Crippen molar-refractivity contribution in [2.24, 2.45) is 9.98 Å². The summed E-state index contributed by atoms with van der Waals surface area (Å²) >= 11 is 0. The fourth-order valence-electron chi connectivity index (χ4n) is 3.36. The van der Waals surface area contributed by atoms with E-state index in [1.807, 2.05) is 60.7 Å². The van der Waals surface area contributed by atoms with Crippen molar-refractivity contribution < 1.29 is 16.5 Å². The summed E-state index contributed by atoms with van der Waals surface area (Å²) in [5.41, 5.74) is 3.73. The first-order valence-corrected chi connectivity index (χ1v) is 12.1. The number of benzene rings is 2. The molecular weight excluding hydrogens is 435 g/mol. The molecule has 0 spiro atoms. The monoisotopic (exact) mass is 472 g/mol. The van der Waals surface area contributed by atoms with Crippen LogP contribution in [0, 0.1) is 11.8 Å². The first kappa shape index (κ1) is 27.9. The van der Waals surface area contributed by atoms with Gasteiger partial charge in [0.25, 0.3) is 0 Å². The summed E-state index contributed by atoms with van der Waals surface area (Å²) in [4.78, 5) is 9.89. The molecular formula is C29H38N2Ni. The number of nitrogens with zero attached hydrogens (tertiary/aromatic N) is 2. The van der Waals surface area contributed by atoms with Crippen molar-refractivity contribution in [1.29, 1.82) is 0 Å². The zero-order chi connectivity index (χ0) is 22.0. The Morgan fingerprint density at radius 2 is 1.19 bits per heavy atom. The van der Waals surface area contributed by atoms with Crippen LogP contribution in [0.1, 0.15) is 84.5 Å². The van der Waals surface area contributed by atoms with Crippen molar-refractivity contribution in [2.75, 3.05) is 0 Å². The fourth-order valence-corrected chi connectivity index (χ4v) is 3.36. The summed E-state index contributed by atoms with van der Waals surface area (Å²) in [5.74, 6) is 6.78. The van der Waals surface area contributed by atoms with Gasteiger partial charge in [0.05, 0.1) is 17.1 Å². The second kappa shape index (κ2) is 18.4. The molecule has 3 heteroatoms. The van der Waals surface area contributed by atoms with Crippen molar-refractivity contribution in [3.8, 4) is 11.8 Å². The molecule has 2 aromatic carbocycles. The molecule has 0 unspecified atom stereocenters. The molecule has 0 saturated carbocycles. The molecule has 0 aromatic heterocycles. The van der Waals surface area contributed by atoms with Gasteiger partial charge in [0.2, 0.25) is 0 Å². The van der Waals surface area contributed by atoms with Gasteiger partial charge in [-0.1, -0.05) is 101 Å². The standard InChI is InChI=1S/C29H38N2.Ni/c1-3-5-7-9-10-11-19-25-29(31-27-22-16-13-17-23-27)28(24-18-8-6-4-2)30-26-20-14-12-15-21-26;/h12-17,20-23H,3-11,18,24H2,1-2H3;. The molecule has 0 atom stereocenters. The molecule has 0 fully saturated rings. The van der Waals surface area contributed by atoms with Crippen LogP contribution in [0.5, 0.6) is 0 Å². The van der Waals surface area contributed by atoms with Crippen LogP contribution < -0.4 is 0 Å². The normalized spacial score (nSPS) is 11.4. The fraction of sp³-hybridized carbons (Fsp3) is 0.448. The minimum absolute atomic E-state index is 0. The van der Waals surface area contributed by atoms with Crippen molar-refractivity contribution in [2.45, 2.75) is 84.5 Å². The second-order valence-electron chi connectivity index (χ2n) is 7.97. The molecule has 2 rings (SSSR count). The van der Waals surface area contributed by atoms with Gasteiger partial charge in [0.15, 0.2) is 0 Å². The molecule has 0 heterocycles. The molecule has 32 heavy (non-hydrogen) atoms. The van der Waals surface area contributed by atoms with Crippen LogP contribution in [0.25, 0.3) is 0 Å². The molecule has 174 valence electrons. The van der Waals surface area contributed by atoms with Crippen LogP contribution in [0.3, 0.4) is 0 Å². The Hall–Kier alpha value is -2.17. The summed E-state index contributed by atoms with van der Waals surface area (Å²) < 4.78 is 0. The van der Waals surface area contributed by atoms with Crippen LogP contribution in [0.15, 0.2) is 70.6 Å². The van der Waals surface area contributed by atoms with E-state index in [1.54, 1.807) is 0 Å².